The number of hydrogen-bond donors (Lipinski definition) is 1. The molecule has 0 saturated carbocycles. The predicted octanol–water partition coefficient (Wildman–Crippen LogP) is 1.49. The van der Waals surface area contributed by atoms with Gasteiger partial charge in [0.05, 0.1) is 4.90 Å². The fraction of sp³-hybridized carbons (Fsp3) is 0.364. The van der Waals surface area contributed by atoms with Gasteiger partial charge in [0.2, 0.25) is 10.0 Å². The second-order valence-electron chi connectivity index (χ2n) is 3.83. The van der Waals surface area contributed by atoms with Crippen molar-refractivity contribution >= 4 is 27.2 Å². The number of halogens is 1. The minimum absolute atomic E-state index is 0.0114. The minimum atomic E-state index is -3.62. The first kappa shape index (κ1) is 15.0. The van der Waals surface area contributed by atoms with E-state index in [1.165, 1.54) is 23.5 Å². The summed E-state index contributed by atoms with van der Waals surface area (Å²) in [7, 11) is -2.15. The number of nitrogens with two attached hydrogens (primary N) is 1. The summed E-state index contributed by atoms with van der Waals surface area (Å²) in [6, 6.07) is 3.43. The Kier molecular flexibility index (Phi) is 4.78. The molecule has 4 nitrogen and oxygen atoms in total. The molecule has 0 unspecified atom stereocenters. The van der Waals surface area contributed by atoms with Gasteiger partial charge in [-0.1, -0.05) is 19.1 Å². The van der Waals surface area contributed by atoms with E-state index in [1.54, 1.807) is 0 Å². The third kappa shape index (κ3) is 3.04. The van der Waals surface area contributed by atoms with Gasteiger partial charge in [-0.2, -0.15) is 0 Å². The Bertz CT molecular complexity index is 558. The van der Waals surface area contributed by atoms with Crippen LogP contribution in [0.2, 0.25) is 0 Å². The summed E-state index contributed by atoms with van der Waals surface area (Å²) < 4.78 is 38.8. The van der Waals surface area contributed by atoms with Crippen LogP contribution in [0.15, 0.2) is 23.1 Å². The molecule has 0 aliphatic heterocycles. The molecule has 0 aromatic heterocycles. The van der Waals surface area contributed by atoms with Crippen molar-refractivity contribution in [3.63, 3.8) is 0 Å². The quantitative estimate of drug-likeness (QED) is 0.835. The molecule has 0 radical (unpaired) electrons. The van der Waals surface area contributed by atoms with Gasteiger partial charge in [0.15, 0.2) is 0 Å². The fourth-order valence-electron chi connectivity index (χ4n) is 1.47. The molecule has 1 rings (SSSR count). The summed E-state index contributed by atoms with van der Waals surface area (Å²) in [4.78, 5) is -0.176. The highest BCUT2D eigenvalue weighted by Gasteiger charge is 2.21. The molecular formula is C11H15FN2O2S2. The van der Waals surface area contributed by atoms with E-state index >= 15 is 0 Å². The normalized spacial score (nSPS) is 11.8. The van der Waals surface area contributed by atoms with E-state index < -0.39 is 15.8 Å². The highest BCUT2D eigenvalue weighted by atomic mass is 32.2. The van der Waals surface area contributed by atoms with E-state index in [-0.39, 0.29) is 15.4 Å². The minimum Gasteiger partial charge on any atom is -0.389 e. The first-order valence-electron chi connectivity index (χ1n) is 5.36. The maximum absolute atomic E-state index is 13.4. The molecule has 0 heterocycles. The van der Waals surface area contributed by atoms with E-state index in [0.29, 0.717) is 13.0 Å². The predicted molar refractivity (Wildman–Crippen MR) is 72.4 cm³/mol. The molecule has 7 heteroatoms. The number of nitrogens with zero attached hydrogens (tertiary/aromatic N) is 1. The van der Waals surface area contributed by atoms with Crippen LogP contribution in [0.5, 0.6) is 0 Å². The van der Waals surface area contributed by atoms with E-state index in [4.69, 9.17) is 5.73 Å². The second-order valence-corrected chi connectivity index (χ2v) is 6.32. The van der Waals surface area contributed by atoms with Crippen LogP contribution in [0, 0.1) is 5.82 Å². The van der Waals surface area contributed by atoms with Gasteiger partial charge in [0.25, 0.3) is 0 Å². The van der Waals surface area contributed by atoms with Gasteiger partial charge in [-0.25, -0.2) is 17.1 Å². The van der Waals surface area contributed by atoms with Gasteiger partial charge >= 0.3 is 0 Å². The molecule has 0 fully saturated rings. The maximum atomic E-state index is 13.4. The standard InChI is InChI=1S/C11H15FN2O2S2/c1-3-6-14(2)18(15,16)8-4-5-10(12)9(7-8)11(13)17/h4-5,7H,3,6H2,1-2H3,(H2,13,17). The van der Waals surface area contributed by atoms with Crippen LogP contribution in [0.4, 0.5) is 4.39 Å². The number of benzene rings is 1. The van der Waals surface area contributed by atoms with Crippen LogP contribution in [0.3, 0.4) is 0 Å². The van der Waals surface area contributed by atoms with Gasteiger partial charge in [-0.05, 0) is 24.6 Å². The lowest BCUT2D eigenvalue weighted by molar-refractivity contribution is 0.468. The fourth-order valence-corrected chi connectivity index (χ4v) is 2.91. The molecule has 0 aliphatic carbocycles. The Morgan fingerprint density at radius 2 is 2.11 bits per heavy atom. The summed E-state index contributed by atoms with van der Waals surface area (Å²) >= 11 is 4.68. The van der Waals surface area contributed by atoms with Gasteiger partial charge in [0.1, 0.15) is 10.8 Å². The van der Waals surface area contributed by atoms with E-state index in [2.05, 4.69) is 12.2 Å². The first-order chi connectivity index (χ1) is 8.30. The third-order valence-electron chi connectivity index (χ3n) is 2.45. The molecule has 0 saturated heterocycles. The molecule has 0 bridgehead atoms. The number of thiocarbonyl (C=S) groups is 1. The summed E-state index contributed by atoms with van der Waals surface area (Å²) in [5.74, 6) is -0.625. The van der Waals surface area contributed by atoms with Gasteiger partial charge < -0.3 is 5.73 Å². The molecule has 2 N–H and O–H groups in total. The highest BCUT2D eigenvalue weighted by molar-refractivity contribution is 7.89. The van der Waals surface area contributed by atoms with Crippen molar-refractivity contribution in [3.05, 3.63) is 29.6 Å². The SMILES string of the molecule is CCCN(C)S(=O)(=O)c1ccc(F)c(C(N)=S)c1. The average Bonchev–Trinajstić information content (AvgIpc) is 2.29. The Morgan fingerprint density at radius 1 is 1.50 bits per heavy atom. The second kappa shape index (κ2) is 5.73. The molecule has 1 aromatic carbocycles. The topological polar surface area (TPSA) is 63.4 Å². The number of sulfonamides is 1. The van der Waals surface area contributed by atoms with Crippen LogP contribution in [-0.4, -0.2) is 31.3 Å². The van der Waals surface area contributed by atoms with Crippen molar-refractivity contribution in [2.24, 2.45) is 5.73 Å². The average molecular weight is 290 g/mol. The van der Waals surface area contributed by atoms with Crippen molar-refractivity contribution in [1.29, 1.82) is 0 Å². The molecule has 0 spiro atoms. The number of rotatable bonds is 5. The third-order valence-corrected chi connectivity index (χ3v) is 4.52. The Morgan fingerprint density at radius 3 is 2.61 bits per heavy atom. The van der Waals surface area contributed by atoms with Crippen LogP contribution in [0.1, 0.15) is 18.9 Å². The molecule has 0 atom stereocenters. The summed E-state index contributed by atoms with van der Waals surface area (Å²) in [6.45, 7) is 2.26. The Hall–Kier alpha value is -1.05. The van der Waals surface area contributed by atoms with Gasteiger partial charge in [-0.3, -0.25) is 0 Å². The Balaban J connectivity index is 3.26. The summed E-state index contributed by atoms with van der Waals surface area (Å²) in [5, 5.41) is 0. The van der Waals surface area contributed by atoms with Crippen LogP contribution in [-0.2, 0) is 10.0 Å². The number of hydrogen-bond acceptors (Lipinski definition) is 3. The van der Waals surface area contributed by atoms with E-state index in [1.807, 2.05) is 6.92 Å². The van der Waals surface area contributed by atoms with E-state index in [0.717, 1.165) is 6.07 Å². The zero-order valence-corrected chi connectivity index (χ0v) is 11.8. The zero-order valence-electron chi connectivity index (χ0n) is 10.2. The van der Waals surface area contributed by atoms with Crippen LogP contribution in [0.25, 0.3) is 0 Å². The van der Waals surface area contributed by atoms with Gasteiger partial charge in [0, 0.05) is 19.2 Å². The first-order valence-corrected chi connectivity index (χ1v) is 7.21. The van der Waals surface area contributed by atoms with Gasteiger partial charge in [-0.15, -0.1) is 0 Å². The molecule has 0 aliphatic rings. The molecule has 1 aromatic rings. The smallest absolute Gasteiger partial charge is 0.242 e. The molecule has 18 heavy (non-hydrogen) atoms. The zero-order chi connectivity index (χ0) is 13.9. The largest absolute Gasteiger partial charge is 0.389 e. The Labute approximate surface area is 112 Å². The maximum Gasteiger partial charge on any atom is 0.242 e. The lowest BCUT2D eigenvalue weighted by Crippen LogP contribution is -2.28. The van der Waals surface area contributed by atoms with Crippen molar-refractivity contribution in [3.8, 4) is 0 Å². The lowest BCUT2D eigenvalue weighted by atomic mass is 10.2. The molecule has 100 valence electrons. The van der Waals surface area contributed by atoms with Crippen LogP contribution < -0.4 is 5.73 Å². The lowest BCUT2D eigenvalue weighted by Gasteiger charge is -2.16. The molecular weight excluding hydrogens is 275 g/mol. The highest BCUT2D eigenvalue weighted by Crippen LogP contribution is 2.18. The van der Waals surface area contributed by atoms with Crippen molar-refractivity contribution in [2.45, 2.75) is 18.2 Å². The van der Waals surface area contributed by atoms with E-state index in [9.17, 15) is 12.8 Å². The van der Waals surface area contributed by atoms with Crippen molar-refractivity contribution in [2.75, 3.05) is 13.6 Å². The summed E-state index contributed by atoms with van der Waals surface area (Å²) in [6.07, 6.45) is 0.694. The van der Waals surface area contributed by atoms with Crippen LogP contribution >= 0.6 is 12.2 Å². The monoisotopic (exact) mass is 290 g/mol. The van der Waals surface area contributed by atoms with Crippen molar-refractivity contribution in [1.82, 2.24) is 4.31 Å². The van der Waals surface area contributed by atoms with Crippen molar-refractivity contribution < 1.29 is 12.8 Å². The summed E-state index contributed by atoms with van der Waals surface area (Å²) in [5.41, 5.74) is 5.29. The molecule has 0 amide bonds.